The number of anilines is 1. The van der Waals surface area contributed by atoms with Crippen molar-refractivity contribution in [3.63, 3.8) is 0 Å². The maximum absolute atomic E-state index is 12.1. The van der Waals surface area contributed by atoms with Crippen LogP contribution < -0.4 is 10.1 Å². The van der Waals surface area contributed by atoms with Crippen molar-refractivity contribution in [1.29, 1.82) is 0 Å². The molecule has 1 aromatic carbocycles. The fraction of sp³-hybridized carbons (Fsp3) is 0.467. The van der Waals surface area contributed by atoms with E-state index in [9.17, 15) is 9.59 Å². The highest BCUT2D eigenvalue weighted by molar-refractivity contribution is 6.31. The zero-order chi connectivity index (χ0) is 15.6. The highest BCUT2D eigenvalue weighted by Gasteiger charge is 2.33. The third-order valence-electron chi connectivity index (χ3n) is 3.31. The van der Waals surface area contributed by atoms with E-state index in [2.05, 4.69) is 5.32 Å². The van der Waals surface area contributed by atoms with Crippen LogP contribution in [0.25, 0.3) is 0 Å². The number of hydrogen-bond acceptors (Lipinski definition) is 4. The molecule has 0 heterocycles. The van der Waals surface area contributed by atoms with E-state index in [1.807, 2.05) is 6.92 Å². The minimum absolute atomic E-state index is 0.0347. The summed E-state index contributed by atoms with van der Waals surface area (Å²) in [6.45, 7) is 3.37. The van der Waals surface area contributed by atoms with Crippen molar-refractivity contribution in [3.05, 3.63) is 22.7 Å². The number of halogens is 1. The number of benzene rings is 1. The Labute approximate surface area is 128 Å². The summed E-state index contributed by atoms with van der Waals surface area (Å²) in [7, 11) is 1.49. The number of hydrogen-bond donors (Lipinski definition) is 1. The Morgan fingerprint density at radius 3 is 2.62 bits per heavy atom. The van der Waals surface area contributed by atoms with Crippen LogP contribution in [0.15, 0.2) is 12.1 Å². The molecule has 2 rings (SSSR count). The fourth-order valence-electron chi connectivity index (χ4n) is 1.81. The van der Waals surface area contributed by atoms with Crippen molar-refractivity contribution in [2.24, 2.45) is 5.92 Å². The summed E-state index contributed by atoms with van der Waals surface area (Å²) >= 11 is 6.01. The van der Waals surface area contributed by atoms with Gasteiger partial charge in [-0.1, -0.05) is 11.6 Å². The van der Waals surface area contributed by atoms with Gasteiger partial charge in [-0.15, -0.1) is 0 Å². The summed E-state index contributed by atoms with van der Waals surface area (Å²) in [5.74, 6) is -0.284. The summed E-state index contributed by atoms with van der Waals surface area (Å²) in [6, 6.07) is 3.35. The maximum atomic E-state index is 12.1. The molecule has 0 bridgehead atoms. The first kappa shape index (κ1) is 15.6. The Balaban J connectivity index is 2.04. The van der Waals surface area contributed by atoms with Crippen molar-refractivity contribution in [2.75, 3.05) is 12.4 Å². The molecule has 0 radical (unpaired) electrons. The van der Waals surface area contributed by atoms with Crippen LogP contribution in [0.5, 0.6) is 5.75 Å². The molecule has 1 amide bonds. The monoisotopic (exact) mass is 311 g/mol. The van der Waals surface area contributed by atoms with Gasteiger partial charge >= 0.3 is 5.97 Å². The minimum Gasteiger partial charge on any atom is -0.495 e. The van der Waals surface area contributed by atoms with Crippen LogP contribution >= 0.6 is 11.6 Å². The molecule has 0 aliphatic heterocycles. The normalized spacial score (nSPS) is 15.2. The first-order valence-corrected chi connectivity index (χ1v) is 7.15. The second kappa shape index (κ2) is 6.35. The van der Waals surface area contributed by atoms with E-state index in [1.54, 1.807) is 19.1 Å². The van der Waals surface area contributed by atoms with E-state index < -0.39 is 12.0 Å². The van der Waals surface area contributed by atoms with Crippen LogP contribution in [-0.2, 0) is 14.3 Å². The van der Waals surface area contributed by atoms with Crippen LogP contribution in [0.4, 0.5) is 5.69 Å². The number of methoxy groups -OCH3 is 1. The average Bonchev–Trinajstić information content (AvgIpc) is 3.26. The minimum atomic E-state index is -0.848. The summed E-state index contributed by atoms with van der Waals surface area (Å²) in [6.07, 6.45) is 0.841. The first-order valence-electron chi connectivity index (χ1n) is 6.78. The van der Waals surface area contributed by atoms with Gasteiger partial charge in [0.15, 0.2) is 6.10 Å². The summed E-state index contributed by atoms with van der Waals surface area (Å²) in [4.78, 5) is 23.6. The number of rotatable bonds is 5. The van der Waals surface area contributed by atoms with Gasteiger partial charge in [-0.25, -0.2) is 0 Å². The Hall–Kier alpha value is -1.75. The number of carbonyl (C=O) groups excluding carboxylic acids is 2. The van der Waals surface area contributed by atoms with Gasteiger partial charge in [0, 0.05) is 11.1 Å². The fourth-order valence-corrected chi connectivity index (χ4v) is 1.96. The highest BCUT2D eigenvalue weighted by atomic mass is 35.5. The molecule has 1 saturated carbocycles. The van der Waals surface area contributed by atoms with Gasteiger partial charge < -0.3 is 14.8 Å². The molecule has 5 nitrogen and oxygen atoms in total. The van der Waals surface area contributed by atoms with Gasteiger partial charge in [0.1, 0.15) is 5.75 Å². The standard InChI is InChI=1S/C15H18ClNO4/c1-8-6-12(13(20-3)7-11(8)16)17-14(18)9(2)21-15(19)10-4-5-10/h6-7,9-10H,4-5H2,1-3H3,(H,17,18)/t9-/m1/s1. The highest BCUT2D eigenvalue weighted by Crippen LogP contribution is 2.32. The molecule has 1 aliphatic rings. The quantitative estimate of drug-likeness (QED) is 0.849. The zero-order valence-corrected chi connectivity index (χ0v) is 13.0. The third kappa shape index (κ3) is 3.88. The Kier molecular flexibility index (Phi) is 4.73. The Morgan fingerprint density at radius 2 is 2.05 bits per heavy atom. The second-order valence-electron chi connectivity index (χ2n) is 5.14. The molecular formula is C15H18ClNO4. The third-order valence-corrected chi connectivity index (χ3v) is 3.72. The van der Waals surface area contributed by atoms with Crippen LogP contribution in [-0.4, -0.2) is 25.1 Å². The Morgan fingerprint density at radius 1 is 1.38 bits per heavy atom. The predicted octanol–water partition coefficient (Wildman–Crippen LogP) is 2.94. The van der Waals surface area contributed by atoms with Crippen molar-refractivity contribution < 1.29 is 19.1 Å². The molecule has 1 aliphatic carbocycles. The number of carbonyl (C=O) groups is 2. The Bertz CT molecular complexity index is 569. The van der Waals surface area contributed by atoms with Crippen LogP contribution in [0.3, 0.4) is 0 Å². The molecule has 0 spiro atoms. The van der Waals surface area contributed by atoms with Crippen LogP contribution in [0.2, 0.25) is 5.02 Å². The van der Waals surface area contributed by atoms with Crippen LogP contribution in [0.1, 0.15) is 25.3 Å². The molecule has 1 atom stereocenters. The molecule has 0 aromatic heterocycles. The number of amides is 1. The predicted molar refractivity (Wildman–Crippen MR) is 79.6 cm³/mol. The van der Waals surface area contributed by atoms with Gasteiger partial charge in [0.2, 0.25) is 0 Å². The number of ether oxygens (including phenoxy) is 2. The van der Waals surface area contributed by atoms with E-state index in [4.69, 9.17) is 21.1 Å². The number of aryl methyl sites for hydroxylation is 1. The summed E-state index contributed by atoms with van der Waals surface area (Å²) in [5, 5.41) is 3.25. The van der Waals surface area contributed by atoms with Crippen molar-refractivity contribution >= 4 is 29.2 Å². The summed E-state index contributed by atoms with van der Waals surface area (Å²) in [5.41, 5.74) is 1.31. The lowest BCUT2D eigenvalue weighted by Crippen LogP contribution is -2.30. The molecular weight excluding hydrogens is 294 g/mol. The lowest BCUT2D eigenvalue weighted by Gasteiger charge is -2.16. The zero-order valence-electron chi connectivity index (χ0n) is 12.2. The number of nitrogens with one attached hydrogen (secondary N) is 1. The second-order valence-corrected chi connectivity index (χ2v) is 5.55. The molecule has 114 valence electrons. The molecule has 1 aromatic rings. The molecule has 1 fully saturated rings. The number of esters is 1. The topological polar surface area (TPSA) is 64.6 Å². The van der Waals surface area contributed by atoms with Crippen LogP contribution in [0, 0.1) is 12.8 Å². The van der Waals surface area contributed by atoms with E-state index in [-0.39, 0.29) is 11.9 Å². The molecule has 0 unspecified atom stereocenters. The SMILES string of the molecule is COc1cc(Cl)c(C)cc1NC(=O)[C@@H](C)OC(=O)C1CC1. The maximum Gasteiger partial charge on any atom is 0.309 e. The van der Waals surface area contributed by atoms with Crippen molar-refractivity contribution in [1.82, 2.24) is 0 Å². The van der Waals surface area contributed by atoms with Gasteiger partial charge in [-0.2, -0.15) is 0 Å². The first-order chi connectivity index (χ1) is 9.92. The van der Waals surface area contributed by atoms with Gasteiger partial charge in [-0.3, -0.25) is 9.59 Å². The van der Waals surface area contributed by atoms with Gasteiger partial charge in [-0.05, 0) is 38.3 Å². The van der Waals surface area contributed by atoms with E-state index in [0.717, 1.165) is 18.4 Å². The molecule has 0 saturated heterocycles. The van der Waals surface area contributed by atoms with Gasteiger partial charge in [0.05, 0.1) is 18.7 Å². The van der Waals surface area contributed by atoms with E-state index in [1.165, 1.54) is 7.11 Å². The largest absolute Gasteiger partial charge is 0.495 e. The lowest BCUT2D eigenvalue weighted by atomic mass is 10.2. The van der Waals surface area contributed by atoms with E-state index >= 15 is 0 Å². The molecule has 6 heteroatoms. The van der Waals surface area contributed by atoms with Crippen molar-refractivity contribution in [3.8, 4) is 5.75 Å². The average molecular weight is 312 g/mol. The van der Waals surface area contributed by atoms with Gasteiger partial charge in [0.25, 0.3) is 5.91 Å². The smallest absolute Gasteiger partial charge is 0.309 e. The molecule has 1 N–H and O–H groups in total. The van der Waals surface area contributed by atoms with E-state index in [0.29, 0.717) is 16.5 Å². The lowest BCUT2D eigenvalue weighted by molar-refractivity contribution is -0.154. The summed E-state index contributed by atoms with van der Waals surface area (Å²) < 4.78 is 10.3. The van der Waals surface area contributed by atoms with Crippen molar-refractivity contribution in [2.45, 2.75) is 32.8 Å². The molecule has 21 heavy (non-hydrogen) atoms.